The van der Waals surface area contributed by atoms with Crippen LogP contribution in [0.5, 0.6) is 0 Å². The molecule has 0 aliphatic carbocycles. The molecule has 0 spiro atoms. The van der Waals surface area contributed by atoms with Crippen molar-refractivity contribution in [2.24, 2.45) is 0 Å². The van der Waals surface area contributed by atoms with Crippen LogP contribution in [0.25, 0.3) is 0 Å². The molecule has 0 heterocycles. The van der Waals surface area contributed by atoms with Crippen LogP contribution in [0.15, 0.2) is 28.7 Å². The molecule has 0 atom stereocenters. The monoisotopic (exact) mass is 266 g/mol. The Labute approximate surface area is 97.2 Å². The van der Waals surface area contributed by atoms with Gasteiger partial charge >= 0.3 is 0 Å². The molecule has 4 heteroatoms. The van der Waals surface area contributed by atoms with Crippen molar-refractivity contribution in [3.63, 3.8) is 0 Å². The number of nitrogens with one attached hydrogen (secondary N) is 1. The number of benzene rings is 1. The lowest BCUT2D eigenvalue weighted by Crippen LogP contribution is -2.24. The standard InChI is InChI=1S/C11H11BrN2O/c12-10-3-1-2-9(8-10)5-7-14-11(15)4-6-13/h1-3,8H,4-5,7H2,(H,14,15). The highest BCUT2D eigenvalue weighted by molar-refractivity contribution is 9.10. The topological polar surface area (TPSA) is 52.9 Å². The number of nitrogens with zero attached hydrogens (tertiary/aromatic N) is 1. The van der Waals surface area contributed by atoms with Gasteiger partial charge in [-0.2, -0.15) is 5.26 Å². The van der Waals surface area contributed by atoms with Gasteiger partial charge < -0.3 is 5.32 Å². The molecule has 0 radical (unpaired) electrons. The van der Waals surface area contributed by atoms with Crippen molar-refractivity contribution in [1.29, 1.82) is 5.26 Å². The van der Waals surface area contributed by atoms with Crippen molar-refractivity contribution in [2.45, 2.75) is 12.8 Å². The van der Waals surface area contributed by atoms with E-state index in [1.165, 1.54) is 0 Å². The molecule has 1 rings (SSSR count). The Morgan fingerprint density at radius 1 is 1.53 bits per heavy atom. The molecular weight excluding hydrogens is 256 g/mol. The molecule has 1 N–H and O–H groups in total. The lowest BCUT2D eigenvalue weighted by atomic mass is 10.1. The van der Waals surface area contributed by atoms with Crippen molar-refractivity contribution in [3.05, 3.63) is 34.3 Å². The molecule has 1 amide bonds. The summed E-state index contributed by atoms with van der Waals surface area (Å²) in [6.07, 6.45) is 0.703. The minimum Gasteiger partial charge on any atom is -0.355 e. The van der Waals surface area contributed by atoms with Crippen LogP contribution in [0, 0.1) is 11.3 Å². The number of nitriles is 1. The van der Waals surface area contributed by atoms with Gasteiger partial charge in [-0.25, -0.2) is 0 Å². The minimum atomic E-state index is -0.215. The number of amides is 1. The van der Waals surface area contributed by atoms with Crippen LogP contribution in [0.1, 0.15) is 12.0 Å². The van der Waals surface area contributed by atoms with Gasteiger partial charge in [0.1, 0.15) is 6.42 Å². The number of hydrogen-bond donors (Lipinski definition) is 1. The third-order valence-electron chi connectivity index (χ3n) is 1.86. The lowest BCUT2D eigenvalue weighted by molar-refractivity contribution is -0.120. The summed E-state index contributed by atoms with van der Waals surface area (Å²) >= 11 is 3.38. The lowest BCUT2D eigenvalue weighted by Gasteiger charge is -2.03. The van der Waals surface area contributed by atoms with Gasteiger partial charge in [-0.3, -0.25) is 4.79 Å². The van der Waals surface area contributed by atoms with Gasteiger partial charge in [-0.1, -0.05) is 28.1 Å². The van der Waals surface area contributed by atoms with Crippen LogP contribution < -0.4 is 5.32 Å². The van der Waals surface area contributed by atoms with Crippen molar-refractivity contribution in [1.82, 2.24) is 5.32 Å². The summed E-state index contributed by atoms with van der Waals surface area (Å²) in [5, 5.41) is 10.9. The minimum absolute atomic E-state index is 0.0709. The van der Waals surface area contributed by atoms with Crippen LogP contribution in [-0.4, -0.2) is 12.5 Å². The number of hydrogen-bond acceptors (Lipinski definition) is 2. The highest BCUT2D eigenvalue weighted by Crippen LogP contribution is 2.11. The summed E-state index contributed by atoms with van der Waals surface area (Å²) in [4.78, 5) is 11.0. The normalized spacial score (nSPS) is 9.33. The van der Waals surface area contributed by atoms with Crippen LogP contribution >= 0.6 is 15.9 Å². The maximum Gasteiger partial charge on any atom is 0.234 e. The second-order valence-corrected chi connectivity index (χ2v) is 3.98. The predicted octanol–water partition coefficient (Wildman–Crippen LogP) is 2.02. The van der Waals surface area contributed by atoms with E-state index in [1.807, 2.05) is 24.3 Å². The fraction of sp³-hybridized carbons (Fsp3) is 0.273. The molecule has 1 aromatic carbocycles. The summed E-state index contributed by atoms with van der Waals surface area (Å²) in [7, 11) is 0. The fourth-order valence-corrected chi connectivity index (χ4v) is 1.62. The first-order valence-electron chi connectivity index (χ1n) is 4.60. The van der Waals surface area contributed by atoms with Gasteiger partial charge in [0.05, 0.1) is 6.07 Å². The quantitative estimate of drug-likeness (QED) is 0.907. The van der Waals surface area contributed by atoms with Gasteiger partial charge in [0.15, 0.2) is 0 Å². The SMILES string of the molecule is N#CCC(=O)NCCc1cccc(Br)c1. The molecule has 0 saturated heterocycles. The number of carbonyl (C=O) groups excluding carboxylic acids is 1. The number of carbonyl (C=O) groups is 1. The van der Waals surface area contributed by atoms with Crippen molar-refractivity contribution in [3.8, 4) is 6.07 Å². The highest BCUT2D eigenvalue weighted by Gasteiger charge is 1.99. The van der Waals surface area contributed by atoms with E-state index < -0.39 is 0 Å². The Balaban J connectivity index is 2.32. The molecular formula is C11H11BrN2O. The third kappa shape index (κ3) is 4.61. The Hall–Kier alpha value is -1.34. The first-order chi connectivity index (χ1) is 7.22. The predicted molar refractivity (Wildman–Crippen MR) is 61.1 cm³/mol. The molecule has 1 aromatic rings. The fourth-order valence-electron chi connectivity index (χ4n) is 1.17. The second kappa shape index (κ2) is 6.20. The third-order valence-corrected chi connectivity index (χ3v) is 2.36. The summed E-state index contributed by atoms with van der Waals surface area (Å²) < 4.78 is 1.03. The molecule has 3 nitrogen and oxygen atoms in total. The molecule has 0 aliphatic heterocycles. The van der Waals surface area contributed by atoms with Crippen molar-refractivity contribution in [2.75, 3.05) is 6.54 Å². The summed E-state index contributed by atoms with van der Waals surface area (Å²) in [5.74, 6) is -0.215. The Kier molecular flexibility index (Phi) is 4.85. The van der Waals surface area contributed by atoms with E-state index >= 15 is 0 Å². The van der Waals surface area contributed by atoms with E-state index in [2.05, 4.69) is 21.2 Å². The Morgan fingerprint density at radius 3 is 3.00 bits per heavy atom. The first kappa shape index (κ1) is 11.7. The van der Waals surface area contributed by atoms with E-state index in [0.717, 1.165) is 16.5 Å². The summed E-state index contributed by atoms with van der Waals surface area (Å²) in [6.45, 7) is 0.566. The molecule has 0 fully saturated rings. The zero-order chi connectivity index (χ0) is 11.1. The van der Waals surface area contributed by atoms with Gasteiger partial charge in [-0.05, 0) is 24.1 Å². The largest absolute Gasteiger partial charge is 0.355 e. The first-order valence-corrected chi connectivity index (χ1v) is 5.40. The van der Waals surface area contributed by atoms with Gasteiger partial charge in [-0.15, -0.1) is 0 Å². The van der Waals surface area contributed by atoms with Gasteiger partial charge in [0.25, 0.3) is 0 Å². The summed E-state index contributed by atoms with van der Waals surface area (Å²) in [5.41, 5.74) is 1.15. The Bertz CT molecular complexity index is 384. The summed E-state index contributed by atoms with van der Waals surface area (Å²) in [6, 6.07) is 9.73. The molecule has 0 aliphatic rings. The highest BCUT2D eigenvalue weighted by atomic mass is 79.9. The molecule has 0 unspecified atom stereocenters. The number of halogens is 1. The second-order valence-electron chi connectivity index (χ2n) is 3.06. The number of rotatable bonds is 4. The maximum absolute atomic E-state index is 11.0. The zero-order valence-electron chi connectivity index (χ0n) is 8.16. The van der Waals surface area contributed by atoms with Crippen molar-refractivity contribution < 1.29 is 4.79 Å². The smallest absolute Gasteiger partial charge is 0.234 e. The van der Waals surface area contributed by atoms with Crippen LogP contribution in [-0.2, 0) is 11.2 Å². The maximum atomic E-state index is 11.0. The zero-order valence-corrected chi connectivity index (χ0v) is 9.75. The van der Waals surface area contributed by atoms with E-state index in [-0.39, 0.29) is 12.3 Å². The van der Waals surface area contributed by atoms with Crippen LogP contribution in [0.3, 0.4) is 0 Å². The van der Waals surface area contributed by atoms with E-state index in [0.29, 0.717) is 6.54 Å². The van der Waals surface area contributed by atoms with Gasteiger partial charge in [0, 0.05) is 11.0 Å². The van der Waals surface area contributed by atoms with Crippen LogP contribution in [0.2, 0.25) is 0 Å². The average Bonchev–Trinajstić information content (AvgIpc) is 2.18. The van der Waals surface area contributed by atoms with E-state index in [9.17, 15) is 4.79 Å². The van der Waals surface area contributed by atoms with Gasteiger partial charge in [0.2, 0.25) is 5.91 Å². The van der Waals surface area contributed by atoms with E-state index in [4.69, 9.17) is 5.26 Å². The molecule has 0 aromatic heterocycles. The van der Waals surface area contributed by atoms with Crippen molar-refractivity contribution >= 4 is 21.8 Å². The molecule has 15 heavy (non-hydrogen) atoms. The molecule has 78 valence electrons. The van der Waals surface area contributed by atoms with E-state index in [1.54, 1.807) is 6.07 Å². The molecule has 0 bridgehead atoms. The average molecular weight is 267 g/mol. The van der Waals surface area contributed by atoms with Crippen LogP contribution in [0.4, 0.5) is 0 Å². The molecule has 0 saturated carbocycles. The Morgan fingerprint density at radius 2 is 2.33 bits per heavy atom.